The largest absolute Gasteiger partial charge is 0.397 e. The lowest BCUT2D eigenvalue weighted by molar-refractivity contribution is 0.0849. The van der Waals surface area contributed by atoms with Crippen molar-refractivity contribution in [3.05, 3.63) is 105 Å². The van der Waals surface area contributed by atoms with Gasteiger partial charge in [-0.1, -0.05) is 70.0 Å². The fraction of sp³-hybridized carbons (Fsp3) is 0. The predicted octanol–water partition coefficient (Wildman–Crippen LogP) is 6.70. The summed E-state index contributed by atoms with van der Waals surface area (Å²) in [5.41, 5.74) is 15.5. The molecule has 5 rings (SSSR count). The summed E-state index contributed by atoms with van der Waals surface area (Å²) in [7, 11) is 0. The number of pyridine rings is 1. The van der Waals surface area contributed by atoms with E-state index in [1.54, 1.807) is 36.4 Å². The highest BCUT2D eigenvalue weighted by Crippen LogP contribution is 2.41. The van der Waals surface area contributed by atoms with Crippen molar-refractivity contribution in [2.75, 3.05) is 5.73 Å². The third-order valence-corrected chi connectivity index (χ3v) is 7.40. The average Bonchev–Trinajstić information content (AvgIpc) is 3.24. The molecule has 0 aliphatic carbocycles. The molecule has 3 aromatic carbocycles. The van der Waals surface area contributed by atoms with Crippen molar-refractivity contribution < 1.29 is 9.59 Å². The number of rotatable bonds is 4. The zero-order chi connectivity index (χ0) is 25.2. The third-order valence-electron chi connectivity index (χ3n) is 5.53. The SMILES string of the molecule is Nc1c(C(=O)NNC(=O)c2ccc(Br)cc2)sc2nc(-c3ccccc3)cc(-c3ccc(Cl)cc3)c12. The van der Waals surface area contributed by atoms with Crippen molar-refractivity contribution >= 4 is 66.6 Å². The highest BCUT2D eigenvalue weighted by Gasteiger charge is 2.22. The molecule has 2 aromatic heterocycles. The van der Waals surface area contributed by atoms with Crippen LogP contribution in [0.4, 0.5) is 5.69 Å². The molecule has 0 aliphatic rings. The lowest BCUT2D eigenvalue weighted by Crippen LogP contribution is -2.41. The van der Waals surface area contributed by atoms with Crippen LogP contribution >= 0.6 is 38.9 Å². The molecule has 0 fully saturated rings. The molecule has 36 heavy (non-hydrogen) atoms. The molecule has 5 aromatic rings. The van der Waals surface area contributed by atoms with Gasteiger partial charge in [0.05, 0.1) is 11.4 Å². The van der Waals surface area contributed by atoms with Crippen molar-refractivity contribution in [2.45, 2.75) is 0 Å². The number of halogens is 2. The molecule has 0 spiro atoms. The number of hydrogen-bond acceptors (Lipinski definition) is 5. The number of aromatic nitrogens is 1. The Morgan fingerprint density at radius 1 is 0.861 bits per heavy atom. The molecule has 2 heterocycles. The lowest BCUT2D eigenvalue weighted by Gasteiger charge is -2.09. The van der Waals surface area contributed by atoms with Crippen LogP contribution in [0, 0.1) is 0 Å². The molecule has 0 unspecified atom stereocenters. The first-order chi connectivity index (χ1) is 17.4. The first-order valence-corrected chi connectivity index (χ1v) is 12.8. The maximum absolute atomic E-state index is 13.0. The highest BCUT2D eigenvalue weighted by atomic mass is 79.9. The van der Waals surface area contributed by atoms with E-state index in [-0.39, 0.29) is 4.88 Å². The van der Waals surface area contributed by atoms with Crippen LogP contribution < -0.4 is 16.6 Å². The van der Waals surface area contributed by atoms with Gasteiger partial charge in [-0.2, -0.15) is 0 Å². The minimum Gasteiger partial charge on any atom is -0.397 e. The summed E-state index contributed by atoms with van der Waals surface area (Å²) in [6.07, 6.45) is 0. The number of amides is 2. The summed E-state index contributed by atoms with van der Waals surface area (Å²) < 4.78 is 0.847. The van der Waals surface area contributed by atoms with Crippen LogP contribution in [0.5, 0.6) is 0 Å². The topological polar surface area (TPSA) is 97.1 Å². The number of nitrogens with zero attached hydrogens (tertiary/aromatic N) is 1. The molecule has 0 radical (unpaired) electrons. The maximum atomic E-state index is 13.0. The Hall–Kier alpha value is -3.72. The summed E-state index contributed by atoms with van der Waals surface area (Å²) in [4.78, 5) is 31.1. The molecule has 4 N–H and O–H groups in total. The fourth-order valence-corrected chi connectivity index (χ4v) is 5.15. The van der Waals surface area contributed by atoms with Gasteiger partial charge in [-0.15, -0.1) is 11.3 Å². The van der Waals surface area contributed by atoms with E-state index in [9.17, 15) is 9.59 Å². The van der Waals surface area contributed by atoms with Gasteiger partial charge in [0.15, 0.2) is 0 Å². The average molecular weight is 578 g/mol. The highest BCUT2D eigenvalue weighted by molar-refractivity contribution is 9.10. The number of nitrogen functional groups attached to an aromatic ring is 1. The fourth-order valence-electron chi connectivity index (χ4n) is 3.75. The second-order valence-corrected chi connectivity index (χ2v) is 10.2. The van der Waals surface area contributed by atoms with Crippen LogP contribution in [0.3, 0.4) is 0 Å². The van der Waals surface area contributed by atoms with E-state index in [4.69, 9.17) is 22.3 Å². The molecule has 2 amide bonds. The molecule has 0 bridgehead atoms. The van der Waals surface area contributed by atoms with E-state index in [0.29, 0.717) is 26.5 Å². The van der Waals surface area contributed by atoms with Gasteiger partial charge in [-0.3, -0.25) is 20.4 Å². The molecule has 178 valence electrons. The Labute approximate surface area is 224 Å². The molecule has 0 saturated heterocycles. The van der Waals surface area contributed by atoms with Crippen molar-refractivity contribution in [2.24, 2.45) is 0 Å². The summed E-state index contributed by atoms with van der Waals surface area (Å²) in [5, 5.41) is 1.29. The Bertz CT molecular complexity index is 1590. The smallest absolute Gasteiger partial charge is 0.281 e. The van der Waals surface area contributed by atoms with Crippen LogP contribution in [0.1, 0.15) is 20.0 Å². The number of hydrogen-bond donors (Lipinski definition) is 3. The molecular weight excluding hydrogens is 560 g/mol. The summed E-state index contributed by atoms with van der Waals surface area (Å²) >= 11 is 10.6. The standard InChI is InChI=1S/C27H18BrClN4O2S/c28-18-10-6-17(7-11-18)25(34)32-33-26(35)24-23(30)22-20(15-8-12-19(29)13-9-15)14-21(31-27(22)36-24)16-4-2-1-3-5-16/h1-14H,30H2,(H,32,34)(H,33,35). The van der Waals surface area contributed by atoms with E-state index >= 15 is 0 Å². The number of benzene rings is 3. The number of carbonyl (C=O) groups excluding carboxylic acids is 2. The Balaban J connectivity index is 1.53. The molecule has 6 nitrogen and oxygen atoms in total. The van der Waals surface area contributed by atoms with Crippen LogP contribution in [0.2, 0.25) is 5.02 Å². The quantitative estimate of drug-likeness (QED) is 0.207. The number of fused-ring (bicyclic) bond motifs is 1. The van der Waals surface area contributed by atoms with Crippen molar-refractivity contribution in [3.63, 3.8) is 0 Å². The molecule has 9 heteroatoms. The number of nitrogens with one attached hydrogen (secondary N) is 2. The van der Waals surface area contributed by atoms with Crippen molar-refractivity contribution in [1.82, 2.24) is 15.8 Å². The molecular formula is C27H18BrClN4O2S. The lowest BCUT2D eigenvalue weighted by atomic mass is 9.99. The molecule has 0 saturated carbocycles. The second kappa shape index (κ2) is 10.1. The van der Waals surface area contributed by atoms with Gasteiger partial charge < -0.3 is 5.73 Å². The van der Waals surface area contributed by atoms with Crippen LogP contribution in [0.25, 0.3) is 32.6 Å². The maximum Gasteiger partial charge on any atom is 0.281 e. The monoisotopic (exact) mass is 576 g/mol. The van der Waals surface area contributed by atoms with Gasteiger partial charge in [-0.25, -0.2) is 4.98 Å². The molecule has 0 atom stereocenters. The summed E-state index contributed by atoms with van der Waals surface area (Å²) in [6, 6.07) is 25.9. The van der Waals surface area contributed by atoms with E-state index in [1.807, 2.05) is 48.5 Å². The predicted molar refractivity (Wildman–Crippen MR) is 149 cm³/mol. The Kier molecular flexibility index (Phi) is 6.73. The van der Waals surface area contributed by atoms with Gasteiger partial charge in [0.2, 0.25) is 0 Å². The van der Waals surface area contributed by atoms with E-state index in [1.165, 1.54) is 11.3 Å². The van der Waals surface area contributed by atoms with Crippen LogP contribution in [-0.4, -0.2) is 16.8 Å². The summed E-state index contributed by atoms with van der Waals surface area (Å²) in [6.45, 7) is 0. The zero-order valence-corrected chi connectivity index (χ0v) is 21.7. The first-order valence-electron chi connectivity index (χ1n) is 10.8. The van der Waals surface area contributed by atoms with Gasteiger partial charge in [0.1, 0.15) is 9.71 Å². The van der Waals surface area contributed by atoms with Crippen molar-refractivity contribution in [3.8, 4) is 22.4 Å². The second-order valence-electron chi connectivity index (χ2n) is 7.87. The van der Waals surface area contributed by atoms with Crippen LogP contribution in [-0.2, 0) is 0 Å². The normalized spacial score (nSPS) is 10.8. The number of nitrogens with two attached hydrogens (primary N) is 1. The van der Waals surface area contributed by atoms with Gasteiger partial charge in [0.25, 0.3) is 11.8 Å². The summed E-state index contributed by atoms with van der Waals surface area (Å²) in [5.74, 6) is -0.967. The Morgan fingerprint density at radius 2 is 1.53 bits per heavy atom. The Morgan fingerprint density at radius 3 is 2.22 bits per heavy atom. The zero-order valence-electron chi connectivity index (χ0n) is 18.6. The number of hydrazine groups is 1. The van der Waals surface area contributed by atoms with Gasteiger partial charge >= 0.3 is 0 Å². The number of anilines is 1. The van der Waals surface area contributed by atoms with Crippen LogP contribution in [0.15, 0.2) is 89.4 Å². The van der Waals surface area contributed by atoms with E-state index < -0.39 is 11.8 Å². The molecule has 0 aliphatic heterocycles. The van der Waals surface area contributed by atoms with E-state index in [0.717, 1.165) is 26.9 Å². The number of thiophene rings is 1. The first kappa shape index (κ1) is 24.0. The number of carbonyl (C=O) groups is 2. The van der Waals surface area contributed by atoms with E-state index in [2.05, 4.69) is 26.8 Å². The third kappa shape index (κ3) is 4.83. The van der Waals surface area contributed by atoms with Gasteiger partial charge in [0, 0.05) is 26.0 Å². The van der Waals surface area contributed by atoms with Gasteiger partial charge in [-0.05, 0) is 53.6 Å². The minimum absolute atomic E-state index is 0.258. The van der Waals surface area contributed by atoms with Crippen molar-refractivity contribution in [1.29, 1.82) is 0 Å². The minimum atomic E-state index is -0.524.